The lowest BCUT2D eigenvalue weighted by Gasteiger charge is -2.28. The van der Waals surface area contributed by atoms with E-state index in [1.807, 2.05) is 73.7 Å². The minimum atomic E-state index is -0.292. The molecule has 0 saturated carbocycles. The van der Waals surface area contributed by atoms with Gasteiger partial charge in [0.05, 0.1) is 42.9 Å². The topological polar surface area (TPSA) is 88.5 Å². The van der Waals surface area contributed by atoms with Gasteiger partial charge in [-0.2, -0.15) is 5.10 Å². The van der Waals surface area contributed by atoms with Crippen molar-refractivity contribution in [3.8, 4) is 5.69 Å². The number of aromatic nitrogens is 2. The van der Waals surface area contributed by atoms with Crippen LogP contribution in [0.25, 0.3) is 5.69 Å². The molecule has 1 saturated heterocycles. The fraction of sp³-hybridized carbons (Fsp3) is 0.207. The van der Waals surface area contributed by atoms with Gasteiger partial charge in [-0.3, -0.25) is 9.59 Å². The van der Waals surface area contributed by atoms with Crippen molar-refractivity contribution in [2.24, 2.45) is 0 Å². The molecule has 3 aromatic carbocycles. The quantitative estimate of drug-likeness (QED) is 0.388. The Morgan fingerprint density at radius 3 is 2.38 bits per heavy atom. The first-order valence-electron chi connectivity index (χ1n) is 12.3. The second-order valence-electron chi connectivity index (χ2n) is 8.95. The number of nitrogens with zero attached hydrogens (tertiary/aromatic N) is 3. The summed E-state index contributed by atoms with van der Waals surface area (Å²) in [5, 5.41) is 10.2. The number of amides is 2. The molecule has 37 heavy (non-hydrogen) atoms. The van der Waals surface area contributed by atoms with Crippen LogP contribution in [0.3, 0.4) is 0 Å². The lowest BCUT2D eigenvalue weighted by atomic mass is 10.0. The van der Waals surface area contributed by atoms with E-state index in [2.05, 4.69) is 20.6 Å². The maximum atomic E-state index is 12.9. The first-order valence-corrected chi connectivity index (χ1v) is 12.3. The first kappa shape index (κ1) is 24.3. The number of hydrogen-bond acceptors (Lipinski definition) is 5. The van der Waals surface area contributed by atoms with Crippen LogP contribution in [0.1, 0.15) is 28.8 Å². The number of carbonyl (C=O) groups excluding carboxylic acids is 2. The highest BCUT2D eigenvalue weighted by molar-refractivity contribution is 6.04. The maximum absolute atomic E-state index is 12.9. The van der Waals surface area contributed by atoms with Crippen LogP contribution < -0.4 is 15.5 Å². The Morgan fingerprint density at radius 2 is 1.62 bits per heavy atom. The van der Waals surface area contributed by atoms with Crippen LogP contribution in [-0.2, 0) is 9.53 Å². The van der Waals surface area contributed by atoms with Gasteiger partial charge in [0, 0.05) is 30.0 Å². The zero-order valence-electron chi connectivity index (χ0n) is 20.6. The summed E-state index contributed by atoms with van der Waals surface area (Å²) in [5.74, 6) is -0.614. The zero-order valence-corrected chi connectivity index (χ0v) is 20.6. The van der Waals surface area contributed by atoms with Gasteiger partial charge in [-0.05, 0) is 55.0 Å². The predicted molar refractivity (Wildman–Crippen MR) is 144 cm³/mol. The third-order valence-electron chi connectivity index (χ3n) is 6.42. The van der Waals surface area contributed by atoms with Crippen LogP contribution >= 0.6 is 0 Å². The van der Waals surface area contributed by atoms with Crippen molar-refractivity contribution >= 4 is 28.9 Å². The third kappa shape index (κ3) is 5.87. The highest BCUT2D eigenvalue weighted by Gasteiger charge is 2.16. The average Bonchev–Trinajstić information content (AvgIpc) is 3.42. The molecule has 188 valence electrons. The molecular formula is C29H29N5O3. The fourth-order valence-electron chi connectivity index (χ4n) is 4.24. The van der Waals surface area contributed by atoms with Crippen molar-refractivity contribution in [2.75, 3.05) is 41.8 Å². The second kappa shape index (κ2) is 11.1. The number of rotatable bonds is 7. The molecule has 0 bridgehead atoms. The third-order valence-corrected chi connectivity index (χ3v) is 6.42. The van der Waals surface area contributed by atoms with Crippen molar-refractivity contribution in [3.63, 3.8) is 0 Å². The van der Waals surface area contributed by atoms with Crippen LogP contribution in [0, 0.1) is 0 Å². The minimum absolute atomic E-state index is 0.112. The van der Waals surface area contributed by atoms with Crippen LogP contribution in [0.5, 0.6) is 0 Å². The molecule has 5 rings (SSSR count). The molecule has 1 fully saturated rings. The van der Waals surface area contributed by atoms with E-state index in [1.54, 1.807) is 29.2 Å². The maximum Gasteiger partial charge on any atom is 0.255 e. The molecule has 1 aromatic heterocycles. The number of nitrogens with one attached hydrogen (secondary N) is 2. The molecule has 8 heteroatoms. The zero-order chi connectivity index (χ0) is 25.6. The molecule has 2 heterocycles. The second-order valence-corrected chi connectivity index (χ2v) is 8.95. The summed E-state index contributed by atoms with van der Waals surface area (Å²) < 4.78 is 7.04. The summed E-state index contributed by atoms with van der Waals surface area (Å²) in [7, 11) is 0. The Kier molecular flexibility index (Phi) is 7.28. The van der Waals surface area contributed by atoms with E-state index in [-0.39, 0.29) is 17.7 Å². The molecular weight excluding hydrogens is 466 g/mol. The van der Waals surface area contributed by atoms with Gasteiger partial charge in [0.2, 0.25) is 5.91 Å². The Bertz CT molecular complexity index is 1360. The van der Waals surface area contributed by atoms with E-state index in [9.17, 15) is 9.59 Å². The lowest BCUT2D eigenvalue weighted by molar-refractivity contribution is -0.117. The van der Waals surface area contributed by atoms with E-state index >= 15 is 0 Å². The normalized spacial score (nSPS) is 14.1. The van der Waals surface area contributed by atoms with Gasteiger partial charge >= 0.3 is 0 Å². The SMILES string of the molecule is CC(C(=O)Nc1cnn(-c2cccc(C(=O)Nc3ccc(N4CCOCC4)cc3)c2)c1)c1ccccc1. The minimum Gasteiger partial charge on any atom is -0.378 e. The largest absolute Gasteiger partial charge is 0.378 e. The predicted octanol–water partition coefficient (Wildman–Crippen LogP) is 4.70. The van der Waals surface area contributed by atoms with Gasteiger partial charge in [0.15, 0.2) is 0 Å². The van der Waals surface area contributed by atoms with Crippen LogP contribution in [-0.4, -0.2) is 47.9 Å². The van der Waals surface area contributed by atoms with E-state index in [0.717, 1.165) is 43.2 Å². The van der Waals surface area contributed by atoms with Gasteiger partial charge in [-0.1, -0.05) is 36.4 Å². The summed E-state index contributed by atoms with van der Waals surface area (Å²) >= 11 is 0. The Hall–Kier alpha value is -4.43. The van der Waals surface area contributed by atoms with Gasteiger partial charge in [-0.15, -0.1) is 0 Å². The van der Waals surface area contributed by atoms with Crippen molar-refractivity contribution in [3.05, 3.63) is 102 Å². The summed E-state index contributed by atoms with van der Waals surface area (Å²) in [6.07, 6.45) is 3.33. The summed E-state index contributed by atoms with van der Waals surface area (Å²) in [5.41, 5.74) is 4.59. The Balaban J connectivity index is 1.22. The first-order chi connectivity index (χ1) is 18.1. The number of hydrogen-bond donors (Lipinski definition) is 2. The number of benzene rings is 3. The van der Waals surface area contributed by atoms with Crippen LogP contribution in [0.4, 0.5) is 17.1 Å². The molecule has 2 N–H and O–H groups in total. The molecule has 1 atom stereocenters. The van der Waals surface area contributed by atoms with Crippen LogP contribution in [0.15, 0.2) is 91.3 Å². The molecule has 0 spiro atoms. The monoisotopic (exact) mass is 495 g/mol. The van der Waals surface area contributed by atoms with Crippen LogP contribution in [0.2, 0.25) is 0 Å². The number of anilines is 3. The smallest absolute Gasteiger partial charge is 0.255 e. The average molecular weight is 496 g/mol. The van der Waals surface area contributed by atoms with Gasteiger partial charge < -0.3 is 20.3 Å². The van der Waals surface area contributed by atoms with Crippen molar-refractivity contribution in [1.82, 2.24) is 9.78 Å². The van der Waals surface area contributed by atoms with Crippen molar-refractivity contribution in [1.29, 1.82) is 0 Å². The Morgan fingerprint density at radius 1 is 0.865 bits per heavy atom. The van der Waals surface area contributed by atoms with Gasteiger partial charge in [0.25, 0.3) is 5.91 Å². The van der Waals surface area contributed by atoms with E-state index < -0.39 is 0 Å². The standard InChI is InChI=1S/C29H29N5O3/c1-21(22-6-3-2-4-7-22)28(35)32-25-19-30-34(20-25)27-9-5-8-23(18-27)29(36)31-24-10-12-26(13-11-24)33-14-16-37-17-15-33/h2-13,18-21H,14-17H2,1H3,(H,31,36)(H,32,35). The van der Waals surface area contributed by atoms with E-state index in [1.165, 1.54) is 0 Å². The molecule has 4 aromatic rings. The molecule has 0 aliphatic carbocycles. The molecule has 1 aliphatic heterocycles. The van der Waals surface area contributed by atoms with Crippen molar-refractivity contribution < 1.29 is 14.3 Å². The molecule has 0 radical (unpaired) electrons. The summed E-state index contributed by atoms with van der Waals surface area (Å²) in [6, 6.07) is 24.7. The van der Waals surface area contributed by atoms with E-state index in [0.29, 0.717) is 16.9 Å². The Labute approximate surface area is 215 Å². The molecule has 1 unspecified atom stereocenters. The summed E-state index contributed by atoms with van der Waals surface area (Å²) in [4.78, 5) is 27.9. The molecule has 1 aliphatic rings. The van der Waals surface area contributed by atoms with Gasteiger partial charge in [-0.25, -0.2) is 4.68 Å². The van der Waals surface area contributed by atoms with E-state index in [4.69, 9.17) is 4.74 Å². The lowest BCUT2D eigenvalue weighted by Crippen LogP contribution is -2.36. The summed E-state index contributed by atoms with van der Waals surface area (Å²) in [6.45, 7) is 5.05. The molecule has 8 nitrogen and oxygen atoms in total. The van der Waals surface area contributed by atoms with Crippen molar-refractivity contribution in [2.45, 2.75) is 12.8 Å². The number of morpholine rings is 1. The fourth-order valence-corrected chi connectivity index (χ4v) is 4.24. The highest BCUT2D eigenvalue weighted by atomic mass is 16.5. The molecule has 2 amide bonds. The number of carbonyl (C=O) groups is 2. The number of ether oxygens (including phenoxy) is 1. The highest BCUT2D eigenvalue weighted by Crippen LogP contribution is 2.21. The van der Waals surface area contributed by atoms with Gasteiger partial charge in [0.1, 0.15) is 0 Å².